The molecule has 0 radical (unpaired) electrons. The van der Waals surface area contributed by atoms with Crippen LogP contribution >= 0.6 is 0 Å². The van der Waals surface area contributed by atoms with Crippen molar-refractivity contribution in [3.05, 3.63) is 0 Å². The maximum atomic E-state index is 13.2. The summed E-state index contributed by atoms with van der Waals surface area (Å²) in [6.07, 6.45) is 9.17. The van der Waals surface area contributed by atoms with E-state index < -0.39 is 17.4 Å². The fourth-order valence-electron chi connectivity index (χ4n) is 6.04. The second-order valence-corrected chi connectivity index (χ2v) is 10.5. The Morgan fingerprint density at radius 2 is 1.10 bits per heavy atom. The van der Waals surface area contributed by atoms with Crippen molar-refractivity contribution in [3.8, 4) is 0 Å². The average Bonchev–Trinajstić information content (AvgIpc) is 2.63. The van der Waals surface area contributed by atoms with Crippen LogP contribution in [0.2, 0.25) is 0 Å². The molecule has 0 spiro atoms. The second-order valence-electron chi connectivity index (χ2n) is 10.5. The molecule has 0 aromatic carbocycles. The summed E-state index contributed by atoms with van der Waals surface area (Å²) in [6, 6.07) is 0. The van der Waals surface area contributed by atoms with Crippen molar-refractivity contribution in [1.29, 1.82) is 0 Å². The molecule has 0 saturated heterocycles. The molecule has 0 fully saturated rings. The van der Waals surface area contributed by atoms with Crippen LogP contribution in [0.3, 0.4) is 0 Å². The summed E-state index contributed by atoms with van der Waals surface area (Å²) >= 11 is 0. The number of rotatable bonds is 17. The van der Waals surface area contributed by atoms with Crippen molar-refractivity contribution in [3.63, 3.8) is 0 Å². The van der Waals surface area contributed by atoms with Gasteiger partial charge in [-0.3, -0.25) is 9.59 Å². The van der Waals surface area contributed by atoms with Crippen molar-refractivity contribution in [2.24, 2.45) is 28.1 Å². The molecule has 4 heteroatoms. The Morgan fingerprint density at radius 1 is 0.700 bits per heavy atom. The molecule has 0 rings (SSSR count). The molecular weight excluding hydrogens is 376 g/mol. The third-order valence-corrected chi connectivity index (χ3v) is 8.34. The van der Waals surface area contributed by atoms with Gasteiger partial charge >= 0.3 is 11.9 Å². The highest BCUT2D eigenvalue weighted by Crippen LogP contribution is 2.64. The van der Waals surface area contributed by atoms with E-state index in [1.165, 1.54) is 0 Å². The quantitative estimate of drug-likeness (QED) is 0.233. The summed E-state index contributed by atoms with van der Waals surface area (Å²) < 4.78 is 0. The van der Waals surface area contributed by atoms with E-state index in [9.17, 15) is 14.7 Å². The van der Waals surface area contributed by atoms with Gasteiger partial charge in [-0.2, -0.15) is 0 Å². The lowest BCUT2D eigenvalue weighted by atomic mass is 9.42. The van der Waals surface area contributed by atoms with Crippen LogP contribution in [0.1, 0.15) is 126 Å². The SMILES string of the molecule is CCCC(C)(C(C)C)C(CCCCCCCC(=O)O)(C(=O)O)C(C)(CCC)C(C)C. The van der Waals surface area contributed by atoms with Gasteiger partial charge in [0.15, 0.2) is 0 Å². The summed E-state index contributed by atoms with van der Waals surface area (Å²) in [5, 5.41) is 19.7. The van der Waals surface area contributed by atoms with Gasteiger partial charge in [0.25, 0.3) is 0 Å². The van der Waals surface area contributed by atoms with E-state index in [-0.39, 0.29) is 29.1 Å². The predicted octanol–water partition coefficient (Wildman–Crippen LogP) is 7.80. The van der Waals surface area contributed by atoms with Gasteiger partial charge in [0, 0.05) is 6.42 Å². The topological polar surface area (TPSA) is 74.6 Å². The first-order valence-electron chi connectivity index (χ1n) is 12.3. The highest BCUT2D eigenvalue weighted by molar-refractivity contribution is 5.77. The number of carbonyl (C=O) groups is 2. The monoisotopic (exact) mass is 426 g/mol. The third kappa shape index (κ3) is 6.23. The van der Waals surface area contributed by atoms with Crippen LogP contribution in [-0.2, 0) is 9.59 Å². The minimum atomic E-state index is -0.782. The van der Waals surface area contributed by atoms with Crippen molar-refractivity contribution in [2.75, 3.05) is 0 Å². The summed E-state index contributed by atoms with van der Waals surface area (Å²) in [4.78, 5) is 23.9. The molecule has 0 bridgehead atoms. The Balaban J connectivity index is 5.99. The van der Waals surface area contributed by atoms with E-state index in [1.807, 2.05) is 0 Å². The van der Waals surface area contributed by atoms with Crippen LogP contribution in [0.5, 0.6) is 0 Å². The fourth-order valence-corrected chi connectivity index (χ4v) is 6.04. The maximum absolute atomic E-state index is 13.2. The number of aliphatic carboxylic acids is 2. The molecule has 0 aromatic rings. The Bertz CT molecular complexity index is 501. The third-order valence-electron chi connectivity index (χ3n) is 8.34. The van der Waals surface area contributed by atoms with E-state index in [1.54, 1.807) is 0 Å². The Kier molecular flexibility index (Phi) is 12.3. The average molecular weight is 427 g/mol. The normalized spacial score (nSPS) is 18.1. The lowest BCUT2D eigenvalue weighted by Gasteiger charge is -2.60. The summed E-state index contributed by atoms with van der Waals surface area (Å²) in [5.41, 5.74) is -1.36. The largest absolute Gasteiger partial charge is 0.481 e. The van der Waals surface area contributed by atoms with E-state index in [2.05, 4.69) is 55.4 Å². The van der Waals surface area contributed by atoms with Gasteiger partial charge in [0.1, 0.15) is 0 Å². The molecule has 0 aromatic heterocycles. The Morgan fingerprint density at radius 3 is 1.43 bits per heavy atom. The molecule has 0 amide bonds. The first kappa shape index (κ1) is 28.9. The molecule has 4 nitrogen and oxygen atoms in total. The lowest BCUT2D eigenvalue weighted by Crippen LogP contribution is -2.60. The van der Waals surface area contributed by atoms with Crippen LogP contribution in [0.25, 0.3) is 0 Å². The van der Waals surface area contributed by atoms with E-state index >= 15 is 0 Å². The zero-order chi connectivity index (χ0) is 23.6. The number of hydrogen-bond donors (Lipinski definition) is 2. The first-order chi connectivity index (χ1) is 13.9. The number of hydrogen-bond acceptors (Lipinski definition) is 2. The standard InChI is InChI=1S/C26H50O4/c1-9-17-24(7,20(3)4)26(23(29)30,25(8,18-10-2)21(5)6)19-15-13-11-12-14-16-22(27)28/h20-21H,9-19H2,1-8H3,(H,27,28)(H,29,30). The summed E-state index contributed by atoms with van der Waals surface area (Å²) in [6.45, 7) is 17.6. The molecule has 2 atom stereocenters. The van der Waals surface area contributed by atoms with Gasteiger partial charge in [-0.1, -0.05) is 93.9 Å². The minimum Gasteiger partial charge on any atom is -0.481 e. The van der Waals surface area contributed by atoms with Crippen molar-refractivity contribution >= 4 is 11.9 Å². The van der Waals surface area contributed by atoms with E-state index in [0.29, 0.717) is 12.8 Å². The van der Waals surface area contributed by atoms with Gasteiger partial charge in [0.2, 0.25) is 0 Å². The van der Waals surface area contributed by atoms with Gasteiger partial charge in [-0.05, 0) is 48.3 Å². The van der Waals surface area contributed by atoms with Gasteiger partial charge in [0.05, 0.1) is 5.41 Å². The van der Waals surface area contributed by atoms with E-state index in [4.69, 9.17) is 5.11 Å². The molecule has 2 N–H and O–H groups in total. The number of carboxylic acids is 2. The fraction of sp³-hybridized carbons (Fsp3) is 0.923. The van der Waals surface area contributed by atoms with Crippen LogP contribution in [0.15, 0.2) is 0 Å². The molecule has 0 aliphatic carbocycles. The zero-order valence-corrected chi connectivity index (χ0v) is 21.1. The molecule has 178 valence electrons. The van der Waals surface area contributed by atoms with Crippen LogP contribution in [0.4, 0.5) is 0 Å². The molecule has 0 aliphatic heterocycles. The van der Waals surface area contributed by atoms with Crippen LogP contribution in [-0.4, -0.2) is 22.2 Å². The van der Waals surface area contributed by atoms with Crippen LogP contribution in [0, 0.1) is 28.1 Å². The van der Waals surface area contributed by atoms with E-state index in [0.717, 1.165) is 51.4 Å². The lowest BCUT2D eigenvalue weighted by molar-refractivity contribution is -0.191. The highest BCUT2D eigenvalue weighted by Gasteiger charge is 2.63. The number of unbranched alkanes of at least 4 members (excludes halogenated alkanes) is 4. The van der Waals surface area contributed by atoms with Crippen molar-refractivity contribution in [2.45, 2.75) is 126 Å². The molecule has 30 heavy (non-hydrogen) atoms. The number of carboxylic acid groups (broad SMARTS) is 2. The second kappa shape index (κ2) is 12.7. The van der Waals surface area contributed by atoms with Gasteiger partial charge < -0.3 is 10.2 Å². The molecule has 2 unspecified atom stereocenters. The van der Waals surface area contributed by atoms with Gasteiger partial charge in [-0.25, -0.2) is 0 Å². The maximum Gasteiger partial charge on any atom is 0.310 e. The highest BCUT2D eigenvalue weighted by atomic mass is 16.4. The molecule has 0 aliphatic rings. The minimum absolute atomic E-state index is 0.225. The summed E-state index contributed by atoms with van der Waals surface area (Å²) in [7, 11) is 0. The zero-order valence-electron chi connectivity index (χ0n) is 21.1. The molecule has 0 saturated carbocycles. The smallest absolute Gasteiger partial charge is 0.310 e. The van der Waals surface area contributed by atoms with Crippen molar-refractivity contribution < 1.29 is 19.8 Å². The molecule has 0 heterocycles. The Labute approximate surface area is 186 Å². The predicted molar refractivity (Wildman–Crippen MR) is 126 cm³/mol. The van der Waals surface area contributed by atoms with Crippen LogP contribution < -0.4 is 0 Å². The summed E-state index contributed by atoms with van der Waals surface area (Å²) in [5.74, 6) is -0.805. The first-order valence-corrected chi connectivity index (χ1v) is 12.3. The Hall–Kier alpha value is -1.06. The molecular formula is C26H50O4. The van der Waals surface area contributed by atoms with Gasteiger partial charge in [-0.15, -0.1) is 0 Å². The van der Waals surface area contributed by atoms with Crippen molar-refractivity contribution in [1.82, 2.24) is 0 Å².